The van der Waals surface area contributed by atoms with Crippen LogP contribution in [0.5, 0.6) is 0 Å². The van der Waals surface area contributed by atoms with Gasteiger partial charge in [0.25, 0.3) is 0 Å². The van der Waals surface area contributed by atoms with Crippen LogP contribution in [0.4, 0.5) is 4.79 Å². The molecule has 0 aromatic carbocycles. The van der Waals surface area contributed by atoms with Gasteiger partial charge in [0.2, 0.25) is 21.8 Å². The number of nitrogens with zero attached hydrogens (tertiary/aromatic N) is 2. The zero-order valence-corrected chi connectivity index (χ0v) is 20.1. The van der Waals surface area contributed by atoms with Crippen molar-refractivity contribution >= 4 is 27.9 Å². The zero-order valence-electron chi connectivity index (χ0n) is 19.3. The maximum Gasteiger partial charge on any atom is 0.408 e. The second-order valence-corrected chi connectivity index (χ2v) is 12.3. The fourth-order valence-corrected chi connectivity index (χ4v) is 6.67. The van der Waals surface area contributed by atoms with E-state index in [0.717, 1.165) is 23.4 Å². The molecule has 3 rings (SSSR count). The molecule has 0 unspecified atom stereocenters. The summed E-state index contributed by atoms with van der Waals surface area (Å²) in [7, 11) is -3.74. The summed E-state index contributed by atoms with van der Waals surface area (Å²) < 4.78 is 31.3. The lowest BCUT2D eigenvalue weighted by Crippen LogP contribution is -2.56. The van der Waals surface area contributed by atoms with Crippen molar-refractivity contribution in [2.75, 3.05) is 12.8 Å². The number of hydrogen-bond acceptors (Lipinski definition) is 6. The normalized spacial score (nSPS) is 26.5. The Balaban J connectivity index is 1.91. The number of amides is 3. The molecular weight excluding hydrogens is 422 g/mol. The van der Waals surface area contributed by atoms with E-state index >= 15 is 0 Å². The van der Waals surface area contributed by atoms with Gasteiger partial charge in [0.05, 0.1) is 23.8 Å². The Bertz CT molecular complexity index is 857. The fourth-order valence-electron chi connectivity index (χ4n) is 5.47. The van der Waals surface area contributed by atoms with Crippen molar-refractivity contribution in [1.82, 2.24) is 14.5 Å². The molecule has 2 saturated heterocycles. The van der Waals surface area contributed by atoms with E-state index < -0.39 is 45.3 Å². The van der Waals surface area contributed by atoms with Crippen LogP contribution >= 0.6 is 0 Å². The van der Waals surface area contributed by atoms with Crippen LogP contribution in [-0.4, -0.2) is 72.1 Å². The van der Waals surface area contributed by atoms with Gasteiger partial charge in [-0.05, 0) is 46.0 Å². The van der Waals surface area contributed by atoms with Gasteiger partial charge in [-0.1, -0.05) is 26.7 Å². The molecule has 31 heavy (non-hydrogen) atoms. The number of fused-ring (bicyclic) bond motifs is 2. The number of carbonyl (C=O) groups is 3. The molecule has 2 heterocycles. The highest BCUT2D eigenvalue weighted by atomic mass is 32.2. The molecule has 0 aromatic rings. The molecule has 2 aliphatic heterocycles. The first-order chi connectivity index (χ1) is 14.2. The summed E-state index contributed by atoms with van der Waals surface area (Å²) in [6.45, 7) is 9.27. The van der Waals surface area contributed by atoms with Gasteiger partial charge >= 0.3 is 6.09 Å². The predicted octanol–water partition coefficient (Wildman–Crippen LogP) is 1.87. The number of ether oxygens (including phenoxy) is 1. The minimum absolute atomic E-state index is 0.207. The van der Waals surface area contributed by atoms with E-state index in [0.29, 0.717) is 25.8 Å². The van der Waals surface area contributed by atoms with Crippen molar-refractivity contribution in [2.24, 2.45) is 11.3 Å². The number of alkyl carbamates (subject to hydrolysis) is 1. The molecule has 9 nitrogen and oxygen atoms in total. The molecule has 3 fully saturated rings. The standard InChI is InChI=1S/C21H35N3O6S/c1-13(2)15(22-19(27)30-20(3,4)5)17(25)23-12-9-14-16(23)21(10-7-8-11-21)18(26)24(14)31(6,28)29/h13-16H,7-12H2,1-6H3,(H,22,27)/t14-,15-,16-/m0/s1. The van der Waals surface area contributed by atoms with Gasteiger partial charge in [-0.3, -0.25) is 9.59 Å². The third-order valence-electron chi connectivity index (χ3n) is 6.60. The van der Waals surface area contributed by atoms with E-state index in [1.165, 1.54) is 0 Å². The van der Waals surface area contributed by atoms with E-state index in [9.17, 15) is 22.8 Å². The highest BCUT2D eigenvalue weighted by Gasteiger charge is 2.66. The smallest absolute Gasteiger partial charge is 0.408 e. The maximum absolute atomic E-state index is 13.6. The van der Waals surface area contributed by atoms with Crippen molar-refractivity contribution in [2.45, 2.75) is 90.4 Å². The van der Waals surface area contributed by atoms with Crippen molar-refractivity contribution in [3.05, 3.63) is 0 Å². The third-order valence-corrected chi connectivity index (χ3v) is 7.75. The number of nitrogens with one attached hydrogen (secondary N) is 1. The lowest BCUT2D eigenvalue weighted by molar-refractivity contribution is -0.140. The Morgan fingerprint density at radius 1 is 1.19 bits per heavy atom. The molecule has 0 bridgehead atoms. The molecule has 0 aromatic heterocycles. The molecule has 1 N–H and O–H groups in total. The SMILES string of the molecule is CC(C)[C@H](NC(=O)OC(C)(C)C)C(=O)N1CC[C@H]2[C@H]1C1(CCCC1)C(=O)N2S(C)(=O)=O. The predicted molar refractivity (Wildman–Crippen MR) is 114 cm³/mol. The quantitative estimate of drug-likeness (QED) is 0.689. The molecule has 1 aliphatic carbocycles. The lowest BCUT2D eigenvalue weighted by atomic mass is 9.78. The summed E-state index contributed by atoms with van der Waals surface area (Å²) in [6.07, 6.45) is 3.61. The summed E-state index contributed by atoms with van der Waals surface area (Å²) in [5, 5.41) is 2.69. The van der Waals surface area contributed by atoms with Gasteiger partial charge in [0, 0.05) is 6.54 Å². The van der Waals surface area contributed by atoms with Crippen LogP contribution in [0.3, 0.4) is 0 Å². The van der Waals surface area contributed by atoms with Crippen LogP contribution < -0.4 is 5.32 Å². The first-order valence-corrected chi connectivity index (χ1v) is 12.9. The number of hydrogen-bond donors (Lipinski definition) is 1. The molecule has 1 saturated carbocycles. The minimum Gasteiger partial charge on any atom is -0.444 e. The molecule has 176 valence electrons. The van der Waals surface area contributed by atoms with Crippen molar-refractivity contribution in [1.29, 1.82) is 0 Å². The average molecular weight is 458 g/mol. The van der Waals surface area contributed by atoms with Gasteiger partial charge in [-0.2, -0.15) is 0 Å². The van der Waals surface area contributed by atoms with E-state index in [1.807, 2.05) is 13.8 Å². The Kier molecular flexibility index (Phi) is 6.10. The minimum atomic E-state index is -3.74. The monoisotopic (exact) mass is 457 g/mol. The summed E-state index contributed by atoms with van der Waals surface area (Å²) in [5.41, 5.74) is -1.55. The van der Waals surface area contributed by atoms with Crippen LogP contribution in [0.15, 0.2) is 0 Å². The van der Waals surface area contributed by atoms with Crippen molar-refractivity contribution in [3.63, 3.8) is 0 Å². The Morgan fingerprint density at radius 2 is 1.77 bits per heavy atom. The number of sulfonamides is 1. The molecule has 3 amide bonds. The summed E-state index contributed by atoms with van der Waals surface area (Å²) in [6, 6.07) is -1.86. The van der Waals surface area contributed by atoms with Crippen LogP contribution in [0, 0.1) is 11.3 Å². The van der Waals surface area contributed by atoms with Crippen molar-refractivity contribution < 1.29 is 27.5 Å². The largest absolute Gasteiger partial charge is 0.444 e. The summed E-state index contributed by atoms with van der Waals surface area (Å²) in [4.78, 5) is 40.9. The Hall–Kier alpha value is -1.84. The van der Waals surface area contributed by atoms with Crippen LogP contribution in [0.25, 0.3) is 0 Å². The number of carbonyl (C=O) groups excluding carboxylic acids is 3. The van der Waals surface area contributed by atoms with E-state index in [-0.39, 0.29) is 17.7 Å². The Labute approximate surface area is 184 Å². The second kappa shape index (κ2) is 7.94. The third kappa shape index (κ3) is 4.27. The van der Waals surface area contributed by atoms with Crippen LogP contribution in [-0.2, 0) is 24.3 Å². The van der Waals surface area contributed by atoms with E-state index in [1.54, 1.807) is 25.7 Å². The first-order valence-electron chi connectivity index (χ1n) is 11.0. The number of rotatable bonds is 4. The van der Waals surface area contributed by atoms with E-state index in [2.05, 4.69) is 5.32 Å². The van der Waals surface area contributed by atoms with Gasteiger partial charge in [-0.15, -0.1) is 0 Å². The molecular formula is C21H35N3O6S. The highest BCUT2D eigenvalue weighted by molar-refractivity contribution is 7.88. The van der Waals surface area contributed by atoms with E-state index in [4.69, 9.17) is 4.74 Å². The van der Waals surface area contributed by atoms with Gasteiger partial charge in [0.1, 0.15) is 11.6 Å². The molecule has 10 heteroatoms. The van der Waals surface area contributed by atoms with Crippen LogP contribution in [0.2, 0.25) is 0 Å². The topological polar surface area (TPSA) is 113 Å². The number of likely N-dealkylation sites (tertiary alicyclic amines) is 1. The summed E-state index contributed by atoms with van der Waals surface area (Å²) in [5.74, 6) is -0.870. The average Bonchev–Trinajstić information content (AvgIpc) is 3.28. The van der Waals surface area contributed by atoms with Gasteiger partial charge < -0.3 is 15.0 Å². The zero-order chi connectivity index (χ0) is 23.4. The van der Waals surface area contributed by atoms with Gasteiger partial charge in [-0.25, -0.2) is 17.5 Å². The second-order valence-electron chi connectivity index (χ2n) is 10.4. The maximum atomic E-state index is 13.6. The van der Waals surface area contributed by atoms with Gasteiger partial charge in [0.15, 0.2) is 0 Å². The molecule has 3 atom stereocenters. The molecule has 3 aliphatic rings. The molecule has 1 spiro atoms. The fraction of sp³-hybridized carbons (Fsp3) is 0.857. The lowest BCUT2D eigenvalue weighted by Gasteiger charge is -2.37. The highest BCUT2D eigenvalue weighted by Crippen LogP contribution is 2.54. The first kappa shape index (κ1) is 23.8. The molecule has 0 radical (unpaired) electrons. The Morgan fingerprint density at radius 3 is 2.26 bits per heavy atom. The van der Waals surface area contributed by atoms with Crippen LogP contribution in [0.1, 0.15) is 66.7 Å². The van der Waals surface area contributed by atoms with Crippen molar-refractivity contribution in [3.8, 4) is 0 Å². The summed E-state index contributed by atoms with van der Waals surface area (Å²) >= 11 is 0.